The number of nitrogens with one attached hydrogen (secondary N) is 1. The number of carbonyl (C=O) groups is 1. The average molecular weight is 222 g/mol. The van der Waals surface area contributed by atoms with Crippen LogP contribution in [0.2, 0.25) is 0 Å². The van der Waals surface area contributed by atoms with Gasteiger partial charge >= 0.3 is 0 Å². The highest BCUT2D eigenvalue weighted by Crippen LogP contribution is 2.18. The summed E-state index contributed by atoms with van der Waals surface area (Å²) in [5.41, 5.74) is 2.27. The highest BCUT2D eigenvalue weighted by molar-refractivity contribution is 5.79. The third kappa shape index (κ3) is 1.82. The van der Waals surface area contributed by atoms with Gasteiger partial charge in [0, 0.05) is 39.3 Å². The Labute approximate surface area is 95.5 Å². The van der Waals surface area contributed by atoms with Gasteiger partial charge in [0.2, 0.25) is 5.91 Å². The zero-order chi connectivity index (χ0) is 11.7. The number of aromatic nitrogens is 2. The van der Waals surface area contributed by atoms with Crippen LogP contribution >= 0.6 is 0 Å². The lowest BCUT2D eigenvalue weighted by Gasteiger charge is -2.22. The van der Waals surface area contributed by atoms with E-state index in [1.54, 1.807) is 25.3 Å². The molecule has 0 saturated heterocycles. The van der Waals surface area contributed by atoms with Gasteiger partial charge in [-0.25, -0.2) is 4.98 Å². The second-order valence-electron chi connectivity index (χ2n) is 4.38. The van der Waals surface area contributed by atoms with Crippen molar-refractivity contribution in [3.63, 3.8) is 0 Å². The summed E-state index contributed by atoms with van der Waals surface area (Å²) in [6.07, 6.45) is 2.73. The number of hydrogen-bond donors (Lipinski definition) is 1. The minimum absolute atomic E-state index is 0.110. The van der Waals surface area contributed by atoms with Gasteiger partial charge in [-0.3, -0.25) is 4.79 Å². The first kappa shape index (κ1) is 11.1. The van der Waals surface area contributed by atoms with E-state index in [9.17, 15) is 4.79 Å². The largest absolute Gasteiger partial charge is 0.347 e. The fourth-order valence-electron chi connectivity index (χ4n) is 2.09. The minimum Gasteiger partial charge on any atom is -0.347 e. The van der Waals surface area contributed by atoms with E-state index in [1.165, 1.54) is 5.69 Å². The molecule has 1 unspecified atom stereocenters. The van der Waals surface area contributed by atoms with E-state index in [2.05, 4.69) is 10.3 Å². The third-order valence-corrected chi connectivity index (χ3v) is 3.03. The summed E-state index contributed by atoms with van der Waals surface area (Å²) in [4.78, 5) is 17.9. The van der Waals surface area contributed by atoms with Gasteiger partial charge in [0.25, 0.3) is 0 Å². The predicted molar refractivity (Wildman–Crippen MR) is 61.0 cm³/mol. The Bertz CT molecular complexity index is 397. The van der Waals surface area contributed by atoms with Gasteiger partial charge < -0.3 is 14.8 Å². The first-order valence-electron chi connectivity index (χ1n) is 5.57. The molecular formula is C11H18N4O. The van der Waals surface area contributed by atoms with Crippen molar-refractivity contribution in [2.75, 3.05) is 20.6 Å². The lowest BCUT2D eigenvalue weighted by molar-refractivity contribution is -0.131. The Morgan fingerprint density at radius 3 is 3.06 bits per heavy atom. The van der Waals surface area contributed by atoms with E-state index >= 15 is 0 Å². The van der Waals surface area contributed by atoms with Crippen LogP contribution in [0, 0.1) is 0 Å². The number of fused-ring (bicyclic) bond motifs is 1. The number of likely N-dealkylation sites (N-methyl/N-ethyl adjacent to an activating group) is 1. The van der Waals surface area contributed by atoms with Crippen molar-refractivity contribution in [3.05, 3.63) is 17.7 Å². The van der Waals surface area contributed by atoms with E-state index in [1.807, 2.05) is 11.5 Å². The van der Waals surface area contributed by atoms with Crippen molar-refractivity contribution in [3.8, 4) is 0 Å². The maximum atomic E-state index is 11.9. The molecule has 1 aromatic rings. The first-order chi connectivity index (χ1) is 7.61. The quantitative estimate of drug-likeness (QED) is 0.776. The molecule has 1 atom stereocenters. The van der Waals surface area contributed by atoms with E-state index in [4.69, 9.17) is 0 Å². The van der Waals surface area contributed by atoms with Crippen molar-refractivity contribution < 1.29 is 4.79 Å². The summed E-state index contributed by atoms with van der Waals surface area (Å²) in [6.45, 7) is 3.69. The molecule has 5 nitrogen and oxygen atoms in total. The molecule has 1 N–H and O–H groups in total. The normalized spacial score (nSPS) is 16.7. The molecule has 0 spiro atoms. The summed E-state index contributed by atoms with van der Waals surface area (Å²) < 4.78 is 2.00. The Morgan fingerprint density at radius 2 is 2.38 bits per heavy atom. The number of rotatable bonds is 2. The van der Waals surface area contributed by atoms with Crippen molar-refractivity contribution in [2.24, 2.45) is 0 Å². The molecule has 16 heavy (non-hydrogen) atoms. The fourth-order valence-corrected chi connectivity index (χ4v) is 2.09. The van der Waals surface area contributed by atoms with Crippen LogP contribution in [-0.2, 0) is 17.8 Å². The van der Waals surface area contributed by atoms with E-state index in [0.717, 1.165) is 25.2 Å². The summed E-state index contributed by atoms with van der Waals surface area (Å²) in [5.74, 6) is 0.110. The number of imidazole rings is 1. The molecule has 2 heterocycles. The van der Waals surface area contributed by atoms with Gasteiger partial charge in [0.05, 0.1) is 12.0 Å². The van der Waals surface area contributed by atoms with Gasteiger partial charge in [0.1, 0.15) is 6.04 Å². The number of hydrogen-bond acceptors (Lipinski definition) is 3. The number of amides is 1. The summed E-state index contributed by atoms with van der Waals surface area (Å²) in [7, 11) is 3.56. The maximum absolute atomic E-state index is 11.9. The molecule has 0 aromatic carbocycles. The molecule has 1 aliphatic rings. The van der Waals surface area contributed by atoms with Crippen LogP contribution in [0.5, 0.6) is 0 Å². The van der Waals surface area contributed by atoms with Crippen LogP contribution in [0.1, 0.15) is 24.4 Å². The molecule has 0 radical (unpaired) electrons. The van der Waals surface area contributed by atoms with Gasteiger partial charge in [0.15, 0.2) is 0 Å². The summed E-state index contributed by atoms with van der Waals surface area (Å²) >= 11 is 0. The van der Waals surface area contributed by atoms with Gasteiger partial charge in [-0.05, 0) is 6.92 Å². The Balaban J connectivity index is 2.27. The molecule has 1 aromatic heterocycles. The minimum atomic E-state index is -0.163. The molecule has 2 rings (SSSR count). The molecule has 88 valence electrons. The van der Waals surface area contributed by atoms with Gasteiger partial charge in [-0.1, -0.05) is 0 Å². The zero-order valence-electron chi connectivity index (χ0n) is 10.0. The molecular weight excluding hydrogens is 204 g/mol. The second kappa shape index (κ2) is 4.25. The molecule has 0 aliphatic carbocycles. The van der Waals surface area contributed by atoms with Crippen LogP contribution in [0.3, 0.4) is 0 Å². The van der Waals surface area contributed by atoms with E-state index in [0.29, 0.717) is 0 Å². The lowest BCUT2D eigenvalue weighted by atomic mass is 10.1. The van der Waals surface area contributed by atoms with Crippen LogP contribution < -0.4 is 5.32 Å². The van der Waals surface area contributed by atoms with Crippen molar-refractivity contribution in [1.82, 2.24) is 19.8 Å². The fraction of sp³-hybridized carbons (Fsp3) is 0.636. The smallest absolute Gasteiger partial charge is 0.244 e. The topological polar surface area (TPSA) is 50.2 Å². The Morgan fingerprint density at radius 1 is 1.62 bits per heavy atom. The first-order valence-corrected chi connectivity index (χ1v) is 5.57. The highest BCUT2D eigenvalue weighted by atomic mass is 16.2. The maximum Gasteiger partial charge on any atom is 0.244 e. The molecule has 0 fully saturated rings. The zero-order valence-corrected chi connectivity index (χ0v) is 10.0. The van der Waals surface area contributed by atoms with Crippen molar-refractivity contribution >= 4 is 5.91 Å². The van der Waals surface area contributed by atoms with E-state index < -0.39 is 0 Å². The summed E-state index contributed by atoms with van der Waals surface area (Å²) in [6, 6.07) is -0.163. The van der Waals surface area contributed by atoms with E-state index in [-0.39, 0.29) is 11.9 Å². The van der Waals surface area contributed by atoms with Crippen LogP contribution in [-0.4, -0.2) is 41.0 Å². The SMILES string of the molecule is CC(C(=O)N(C)C)n1cnc2c1CCNC2. The number of carbonyl (C=O) groups excluding carboxylic acids is 1. The van der Waals surface area contributed by atoms with Crippen molar-refractivity contribution in [1.29, 1.82) is 0 Å². The van der Waals surface area contributed by atoms with Crippen LogP contribution in [0.15, 0.2) is 6.33 Å². The van der Waals surface area contributed by atoms with Gasteiger partial charge in [-0.2, -0.15) is 0 Å². The van der Waals surface area contributed by atoms with Gasteiger partial charge in [-0.15, -0.1) is 0 Å². The monoisotopic (exact) mass is 222 g/mol. The highest BCUT2D eigenvalue weighted by Gasteiger charge is 2.22. The molecule has 0 bridgehead atoms. The predicted octanol–water partition coefficient (Wildman–Crippen LogP) is 0.178. The molecule has 0 saturated carbocycles. The van der Waals surface area contributed by atoms with Crippen LogP contribution in [0.25, 0.3) is 0 Å². The number of nitrogens with zero attached hydrogens (tertiary/aromatic N) is 3. The average Bonchev–Trinajstić information content (AvgIpc) is 2.70. The Kier molecular flexibility index (Phi) is 2.96. The lowest BCUT2D eigenvalue weighted by Crippen LogP contribution is -2.32. The second-order valence-corrected chi connectivity index (χ2v) is 4.38. The molecule has 1 amide bonds. The molecule has 1 aliphatic heterocycles. The molecule has 5 heteroatoms. The van der Waals surface area contributed by atoms with Crippen LogP contribution in [0.4, 0.5) is 0 Å². The third-order valence-electron chi connectivity index (χ3n) is 3.03. The summed E-state index contributed by atoms with van der Waals surface area (Å²) in [5, 5.41) is 3.27. The standard InChI is InChI=1S/C11H18N4O/c1-8(11(16)14(2)3)15-7-13-9-6-12-5-4-10(9)15/h7-8,12H,4-6H2,1-3H3. The Hall–Kier alpha value is -1.36. The van der Waals surface area contributed by atoms with Crippen molar-refractivity contribution in [2.45, 2.75) is 25.9 Å².